The summed E-state index contributed by atoms with van der Waals surface area (Å²) in [5, 5.41) is 12.2. The summed E-state index contributed by atoms with van der Waals surface area (Å²) in [6.07, 6.45) is 4.10. The molecule has 0 aliphatic carbocycles. The van der Waals surface area contributed by atoms with Crippen LogP contribution in [0.5, 0.6) is 11.5 Å². The smallest absolute Gasteiger partial charge is 0.243 e. The highest BCUT2D eigenvalue weighted by atomic mass is 32.2. The van der Waals surface area contributed by atoms with E-state index in [2.05, 4.69) is 24.9 Å². The van der Waals surface area contributed by atoms with Crippen molar-refractivity contribution in [3.63, 3.8) is 0 Å². The van der Waals surface area contributed by atoms with Crippen LogP contribution in [0.1, 0.15) is 36.5 Å². The number of aryl methyl sites for hydroxylation is 3. The molecule has 39 heavy (non-hydrogen) atoms. The fourth-order valence-electron chi connectivity index (χ4n) is 4.63. The minimum atomic E-state index is -4.09. The number of methoxy groups -OCH3 is 3. The third kappa shape index (κ3) is 4.92. The highest BCUT2D eigenvalue weighted by Gasteiger charge is 2.35. The largest absolute Gasteiger partial charge is 0.494 e. The van der Waals surface area contributed by atoms with Crippen LogP contribution in [0.2, 0.25) is 0 Å². The molecular formula is C25H30N8O5S. The lowest BCUT2D eigenvalue weighted by atomic mass is 10.2. The van der Waals surface area contributed by atoms with Gasteiger partial charge in [-0.15, -0.1) is 10.2 Å². The summed E-state index contributed by atoms with van der Waals surface area (Å²) in [6, 6.07) is 7.20. The van der Waals surface area contributed by atoms with Crippen LogP contribution >= 0.6 is 0 Å². The first kappa shape index (κ1) is 26.6. The minimum Gasteiger partial charge on any atom is -0.494 e. The van der Waals surface area contributed by atoms with Gasteiger partial charge in [-0.05, 0) is 44.9 Å². The third-order valence-electron chi connectivity index (χ3n) is 6.68. The normalized spacial score (nSPS) is 14.6. The first-order valence-corrected chi connectivity index (χ1v) is 13.9. The molecule has 1 aromatic carbocycles. The molecule has 0 saturated heterocycles. The Balaban J connectivity index is 1.61. The molecular weight excluding hydrogens is 524 g/mol. The zero-order chi connectivity index (χ0) is 27.7. The molecule has 1 aliphatic heterocycles. The lowest BCUT2D eigenvalue weighted by molar-refractivity contribution is 0.0985. The molecule has 0 saturated carbocycles. The summed E-state index contributed by atoms with van der Waals surface area (Å²) >= 11 is 0. The van der Waals surface area contributed by atoms with E-state index < -0.39 is 21.4 Å². The molecule has 1 N–H and O–H groups in total. The van der Waals surface area contributed by atoms with Crippen LogP contribution in [-0.4, -0.2) is 69.5 Å². The van der Waals surface area contributed by atoms with Gasteiger partial charge < -0.3 is 14.2 Å². The van der Waals surface area contributed by atoms with E-state index in [9.17, 15) is 8.42 Å². The second-order valence-electron chi connectivity index (χ2n) is 9.13. The molecule has 1 aliphatic rings. The van der Waals surface area contributed by atoms with E-state index in [4.69, 9.17) is 19.3 Å². The van der Waals surface area contributed by atoms with Gasteiger partial charge in [0.25, 0.3) is 0 Å². The van der Waals surface area contributed by atoms with E-state index in [0.29, 0.717) is 40.1 Å². The van der Waals surface area contributed by atoms with E-state index in [1.807, 2.05) is 10.7 Å². The Kier molecular flexibility index (Phi) is 7.23. The zero-order valence-corrected chi connectivity index (χ0v) is 23.1. The summed E-state index contributed by atoms with van der Waals surface area (Å²) in [5.74, 6) is 1.14. The maximum absolute atomic E-state index is 13.7. The van der Waals surface area contributed by atoms with E-state index in [0.717, 1.165) is 25.1 Å². The first-order chi connectivity index (χ1) is 18.8. The predicted octanol–water partition coefficient (Wildman–Crippen LogP) is 2.71. The molecule has 0 amide bonds. The SMILES string of the molecule is COc1cccc(OC)c1-n1c(NS(=O)(=O)[C@@H](C)[C@H](OC)c2cnc(C)cn2)nnc1-c1cc2n(n1)CCC2. The van der Waals surface area contributed by atoms with Gasteiger partial charge in [-0.3, -0.25) is 23.9 Å². The number of nitrogens with zero attached hydrogens (tertiary/aromatic N) is 7. The number of para-hydroxylation sites is 1. The van der Waals surface area contributed by atoms with E-state index >= 15 is 0 Å². The predicted molar refractivity (Wildman–Crippen MR) is 143 cm³/mol. The molecule has 2 atom stereocenters. The Morgan fingerprint density at radius 1 is 1.05 bits per heavy atom. The average molecular weight is 555 g/mol. The summed E-state index contributed by atoms with van der Waals surface area (Å²) in [7, 11) is 0.374. The second-order valence-corrected chi connectivity index (χ2v) is 11.2. The molecule has 0 bridgehead atoms. The Hall–Kier alpha value is -4.04. The zero-order valence-electron chi connectivity index (χ0n) is 22.3. The number of fused-ring (bicyclic) bond motifs is 1. The number of nitrogens with one attached hydrogen (secondary N) is 1. The topological polar surface area (TPSA) is 148 Å². The Morgan fingerprint density at radius 2 is 1.79 bits per heavy atom. The minimum absolute atomic E-state index is 0.0577. The molecule has 5 rings (SSSR count). The molecule has 13 nitrogen and oxygen atoms in total. The second kappa shape index (κ2) is 10.6. The molecule has 206 valence electrons. The number of hydrogen-bond acceptors (Lipinski definition) is 10. The van der Waals surface area contributed by atoms with Crippen LogP contribution in [-0.2, 0) is 27.7 Å². The van der Waals surface area contributed by atoms with Gasteiger partial charge in [0.2, 0.25) is 16.0 Å². The molecule has 0 unspecified atom stereocenters. The van der Waals surface area contributed by atoms with Gasteiger partial charge in [0.05, 0.1) is 31.8 Å². The first-order valence-electron chi connectivity index (χ1n) is 12.3. The molecule has 4 aromatic rings. The highest BCUT2D eigenvalue weighted by Crippen LogP contribution is 2.38. The van der Waals surface area contributed by atoms with Crippen LogP contribution in [0.3, 0.4) is 0 Å². The summed E-state index contributed by atoms with van der Waals surface area (Å²) in [6.45, 7) is 4.13. The van der Waals surface area contributed by atoms with E-state index in [-0.39, 0.29) is 5.95 Å². The number of rotatable bonds is 10. The third-order valence-corrected chi connectivity index (χ3v) is 8.37. The van der Waals surface area contributed by atoms with Gasteiger partial charge in [0, 0.05) is 25.5 Å². The van der Waals surface area contributed by atoms with Crippen molar-refractivity contribution < 1.29 is 22.6 Å². The molecule has 0 spiro atoms. The van der Waals surface area contributed by atoms with Crippen molar-refractivity contribution in [1.29, 1.82) is 0 Å². The Bertz CT molecular complexity index is 1540. The number of aromatic nitrogens is 7. The molecule has 4 heterocycles. The summed E-state index contributed by atoms with van der Waals surface area (Å²) in [4.78, 5) is 8.54. The van der Waals surface area contributed by atoms with Gasteiger partial charge >= 0.3 is 0 Å². The van der Waals surface area contributed by atoms with Crippen LogP contribution in [0.4, 0.5) is 5.95 Å². The quantitative estimate of drug-likeness (QED) is 0.310. The van der Waals surface area contributed by atoms with Crippen molar-refractivity contribution in [2.75, 3.05) is 26.1 Å². The standard InChI is InChI=1S/C25H30N8O5S/c1-15-13-27-19(14-26-15)23(38-5)16(2)39(34,35)31-25-29-28-24(18-12-17-8-7-11-32(17)30-18)33(25)22-20(36-3)9-6-10-21(22)37-4/h6,9-10,12-14,16,23H,7-8,11H2,1-5H3,(H,29,31)/t16-,23-/m0/s1. The highest BCUT2D eigenvalue weighted by molar-refractivity contribution is 7.93. The molecule has 14 heteroatoms. The van der Waals surface area contributed by atoms with Crippen LogP contribution in [0.15, 0.2) is 36.7 Å². The number of anilines is 1. The number of ether oxygens (including phenoxy) is 3. The molecule has 0 radical (unpaired) electrons. The molecule has 3 aromatic heterocycles. The Labute approximate surface area is 226 Å². The summed E-state index contributed by atoms with van der Waals surface area (Å²) in [5.41, 5.74) is 3.15. The van der Waals surface area contributed by atoms with Crippen molar-refractivity contribution >= 4 is 16.0 Å². The fraction of sp³-hybridized carbons (Fsp3) is 0.400. The van der Waals surface area contributed by atoms with Gasteiger partial charge in [0.15, 0.2) is 5.82 Å². The van der Waals surface area contributed by atoms with Gasteiger partial charge in [0.1, 0.15) is 34.2 Å². The lowest BCUT2D eigenvalue weighted by Crippen LogP contribution is -2.33. The van der Waals surface area contributed by atoms with E-state index in [1.165, 1.54) is 34.4 Å². The van der Waals surface area contributed by atoms with Gasteiger partial charge in [-0.1, -0.05) is 6.07 Å². The maximum atomic E-state index is 13.7. The van der Waals surface area contributed by atoms with E-state index in [1.54, 1.807) is 35.9 Å². The van der Waals surface area contributed by atoms with Gasteiger partial charge in [-0.2, -0.15) is 5.10 Å². The van der Waals surface area contributed by atoms with Crippen molar-refractivity contribution in [2.45, 2.75) is 44.6 Å². The average Bonchev–Trinajstić information content (AvgIpc) is 3.64. The Morgan fingerprint density at radius 3 is 2.41 bits per heavy atom. The number of hydrogen-bond donors (Lipinski definition) is 1. The maximum Gasteiger partial charge on any atom is 0.243 e. The van der Waals surface area contributed by atoms with Crippen molar-refractivity contribution in [1.82, 2.24) is 34.5 Å². The van der Waals surface area contributed by atoms with Crippen molar-refractivity contribution in [2.24, 2.45) is 0 Å². The van der Waals surface area contributed by atoms with Gasteiger partial charge in [-0.25, -0.2) is 8.42 Å². The lowest BCUT2D eigenvalue weighted by Gasteiger charge is -2.23. The number of benzene rings is 1. The molecule has 0 fully saturated rings. The van der Waals surface area contributed by atoms with Crippen LogP contribution in [0, 0.1) is 6.92 Å². The fourth-order valence-corrected chi connectivity index (χ4v) is 5.78. The monoisotopic (exact) mass is 554 g/mol. The van der Waals surface area contributed by atoms with Crippen molar-refractivity contribution in [3.8, 4) is 28.7 Å². The van der Waals surface area contributed by atoms with Crippen LogP contribution in [0.25, 0.3) is 17.2 Å². The van der Waals surface area contributed by atoms with Crippen molar-refractivity contribution in [3.05, 3.63) is 53.7 Å². The summed E-state index contributed by atoms with van der Waals surface area (Å²) < 4.78 is 50.3. The number of sulfonamides is 1. The van der Waals surface area contributed by atoms with Crippen LogP contribution < -0.4 is 14.2 Å².